The predicted octanol–water partition coefficient (Wildman–Crippen LogP) is 4.47. The number of nitrogens with zero attached hydrogens (tertiary/aromatic N) is 1. The Labute approximate surface area is 161 Å². The lowest BCUT2D eigenvalue weighted by atomic mass is 10.0. The Morgan fingerprint density at radius 2 is 1.64 bits per heavy atom. The fourth-order valence-corrected chi connectivity index (χ4v) is 3.20. The lowest BCUT2D eigenvalue weighted by Gasteiger charge is -2.09. The van der Waals surface area contributed by atoms with E-state index in [0.29, 0.717) is 16.9 Å². The fourth-order valence-electron chi connectivity index (χ4n) is 3.20. The Balaban J connectivity index is 1.63. The van der Waals surface area contributed by atoms with Gasteiger partial charge in [0.05, 0.1) is 18.9 Å². The van der Waals surface area contributed by atoms with Gasteiger partial charge in [0.25, 0.3) is 5.91 Å². The van der Waals surface area contributed by atoms with Crippen molar-refractivity contribution < 1.29 is 14.6 Å². The largest absolute Gasteiger partial charge is 0.507 e. The normalized spacial score (nSPS) is 11.2. The van der Waals surface area contributed by atoms with Gasteiger partial charge in [-0.05, 0) is 39.7 Å². The minimum absolute atomic E-state index is 0.0972. The van der Waals surface area contributed by atoms with Crippen LogP contribution in [-0.4, -0.2) is 24.3 Å². The first-order valence-corrected chi connectivity index (χ1v) is 8.78. The Hall–Kier alpha value is -3.86. The second-order valence-electron chi connectivity index (χ2n) is 6.32. The van der Waals surface area contributed by atoms with Crippen molar-refractivity contribution in [2.24, 2.45) is 5.10 Å². The van der Waals surface area contributed by atoms with Gasteiger partial charge in [-0.2, -0.15) is 5.10 Å². The molecule has 4 rings (SSSR count). The van der Waals surface area contributed by atoms with Gasteiger partial charge in [-0.3, -0.25) is 4.79 Å². The summed E-state index contributed by atoms with van der Waals surface area (Å²) in [5, 5.41) is 18.0. The molecule has 0 aliphatic carbocycles. The van der Waals surface area contributed by atoms with E-state index in [2.05, 4.69) is 10.5 Å². The van der Waals surface area contributed by atoms with Gasteiger partial charge >= 0.3 is 0 Å². The van der Waals surface area contributed by atoms with Crippen molar-refractivity contribution in [1.29, 1.82) is 0 Å². The molecule has 2 N–H and O–H groups in total. The van der Waals surface area contributed by atoms with Crippen LogP contribution in [0.1, 0.15) is 15.9 Å². The number of rotatable bonds is 4. The number of ether oxygens (including phenoxy) is 1. The van der Waals surface area contributed by atoms with Crippen LogP contribution in [0.3, 0.4) is 0 Å². The van der Waals surface area contributed by atoms with E-state index in [1.807, 2.05) is 60.7 Å². The van der Waals surface area contributed by atoms with Gasteiger partial charge in [0.15, 0.2) is 0 Å². The van der Waals surface area contributed by atoms with E-state index in [9.17, 15) is 9.90 Å². The molecule has 0 heterocycles. The third-order valence-corrected chi connectivity index (χ3v) is 4.62. The van der Waals surface area contributed by atoms with Crippen LogP contribution >= 0.6 is 0 Å². The fraction of sp³-hybridized carbons (Fsp3) is 0.0435. The lowest BCUT2D eigenvalue weighted by Crippen LogP contribution is -2.18. The number of hydrazone groups is 1. The summed E-state index contributed by atoms with van der Waals surface area (Å²) in [4.78, 5) is 12.6. The SMILES string of the molecule is COc1cc2ccccc2cc1C(=O)N/N=C/c1c(O)ccc2ccccc12. The molecule has 0 bridgehead atoms. The summed E-state index contributed by atoms with van der Waals surface area (Å²) in [6.45, 7) is 0. The number of carbonyl (C=O) groups is 1. The van der Waals surface area contributed by atoms with Crippen molar-refractivity contribution in [1.82, 2.24) is 5.43 Å². The van der Waals surface area contributed by atoms with E-state index in [1.165, 1.54) is 13.3 Å². The van der Waals surface area contributed by atoms with E-state index in [0.717, 1.165) is 21.5 Å². The molecule has 138 valence electrons. The predicted molar refractivity (Wildman–Crippen MR) is 111 cm³/mol. The molecule has 0 radical (unpaired) electrons. The highest BCUT2D eigenvalue weighted by Gasteiger charge is 2.13. The Morgan fingerprint density at radius 1 is 0.964 bits per heavy atom. The van der Waals surface area contributed by atoms with E-state index < -0.39 is 5.91 Å². The highest BCUT2D eigenvalue weighted by atomic mass is 16.5. The van der Waals surface area contributed by atoms with Crippen LogP contribution in [0.15, 0.2) is 77.9 Å². The Morgan fingerprint density at radius 3 is 2.39 bits per heavy atom. The van der Waals surface area contributed by atoms with Gasteiger partial charge in [0.1, 0.15) is 11.5 Å². The average molecular weight is 370 g/mol. The number of hydrogen-bond donors (Lipinski definition) is 2. The third kappa shape index (κ3) is 3.25. The molecule has 28 heavy (non-hydrogen) atoms. The molecule has 0 unspecified atom stereocenters. The molecular formula is C23H18N2O3. The van der Waals surface area contributed by atoms with Gasteiger partial charge in [0, 0.05) is 5.56 Å². The van der Waals surface area contributed by atoms with Crippen molar-refractivity contribution in [3.8, 4) is 11.5 Å². The molecule has 5 nitrogen and oxygen atoms in total. The standard InChI is InChI=1S/C23H18N2O3/c1-28-22-13-17-8-3-2-7-16(17)12-19(22)23(27)25-24-14-20-18-9-5-4-6-15(18)10-11-21(20)26/h2-14,26H,1H3,(H,25,27)/b24-14+. The summed E-state index contributed by atoms with van der Waals surface area (Å²) < 4.78 is 5.36. The average Bonchev–Trinajstić information content (AvgIpc) is 2.74. The molecule has 0 aromatic heterocycles. The monoisotopic (exact) mass is 370 g/mol. The summed E-state index contributed by atoms with van der Waals surface area (Å²) in [6, 6.07) is 22.4. The van der Waals surface area contributed by atoms with E-state index in [1.54, 1.807) is 12.1 Å². The topological polar surface area (TPSA) is 70.9 Å². The number of benzene rings is 4. The van der Waals surface area contributed by atoms with Crippen LogP contribution in [0.25, 0.3) is 21.5 Å². The molecule has 5 heteroatoms. The number of hydrogen-bond acceptors (Lipinski definition) is 4. The zero-order valence-electron chi connectivity index (χ0n) is 15.2. The Kier molecular flexibility index (Phi) is 4.64. The van der Waals surface area contributed by atoms with Crippen molar-refractivity contribution in [3.63, 3.8) is 0 Å². The molecule has 0 atom stereocenters. The molecule has 0 fully saturated rings. The summed E-state index contributed by atoms with van der Waals surface area (Å²) >= 11 is 0. The number of aromatic hydroxyl groups is 1. The van der Waals surface area contributed by atoms with Crippen molar-refractivity contribution in [2.75, 3.05) is 7.11 Å². The maximum absolute atomic E-state index is 12.6. The van der Waals surface area contributed by atoms with Gasteiger partial charge in [-0.15, -0.1) is 0 Å². The summed E-state index contributed by atoms with van der Waals surface area (Å²) in [6.07, 6.45) is 1.45. The summed E-state index contributed by atoms with van der Waals surface area (Å²) in [5.41, 5.74) is 3.45. The molecule has 1 amide bonds. The van der Waals surface area contributed by atoms with E-state index in [4.69, 9.17) is 4.74 Å². The molecule has 0 saturated carbocycles. The zero-order chi connectivity index (χ0) is 19.5. The summed E-state index contributed by atoms with van der Waals surface area (Å²) in [7, 11) is 1.53. The maximum atomic E-state index is 12.6. The van der Waals surface area contributed by atoms with Gasteiger partial charge < -0.3 is 9.84 Å². The van der Waals surface area contributed by atoms with Crippen molar-refractivity contribution >= 4 is 33.7 Å². The number of phenolic OH excluding ortho intramolecular Hbond substituents is 1. The Bertz CT molecular complexity index is 1220. The van der Waals surface area contributed by atoms with Gasteiger partial charge in [-0.1, -0.05) is 54.6 Å². The molecule has 4 aromatic rings. The maximum Gasteiger partial charge on any atom is 0.275 e. The van der Waals surface area contributed by atoms with Crippen LogP contribution in [0.4, 0.5) is 0 Å². The smallest absolute Gasteiger partial charge is 0.275 e. The summed E-state index contributed by atoms with van der Waals surface area (Å²) in [5.74, 6) is 0.179. The lowest BCUT2D eigenvalue weighted by molar-refractivity contribution is 0.0952. The minimum atomic E-state index is -0.390. The first-order chi connectivity index (χ1) is 13.7. The van der Waals surface area contributed by atoms with E-state index >= 15 is 0 Å². The quantitative estimate of drug-likeness (QED) is 0.411. The number of amides is 1. The first kappa shape index (κ1) is 17.5. The van der Waals surface area contributed by atoms with Crippen molar-refractivity contribution in [3.05, 3.63) is 83.9 Å². The third-order valence-electron chi connectivity index (χ3n) is 4.62. The number of carbonyl (C=O) groups excluding carboxylic acids is 1. The molecule has 0 saturated heterocycles. The van der Waals surface area contributed by atoms with Crippen LogP contribution in [0, 0.1) is 0 Å². The highest BCUT2D eigenvalue weighted by Crippen LogP contribution is 2.27. The van der Waals surface area contributed by atoms with Gasteiger partial charge in [0.2, 0.25) is 0 Å². The molecule has 0 aliphatic rings. The number of fused-ring (bicyclic) bond motifs is 2. The highest BCUT2D eigenvalue weighted by molar-refractivity contribution is 6.04. The second-order valence-corrected chi connectivity index (χ2v) is 6.32. The minimum Gasteiger partial charge on any atom is -0.507 e. The van der Waals surface area contributed by atoms with Crippen LogP contribution < -0.4 is 10.2 Å². The number of nitrogens with one attached hydrogen (secondary N) is 1. The van der Waals surface area contributed by atoms with E-state index in [-0.39, 0.29) is 5.75 Å². The van der Waals surface area contributed by atoms with Crippen LogP contribution in [-0.2, 0) is 0 Å². The zero-order valence-corrected chi connectivity index (χ0v) is 15.2. The van der Waals surface area contributed by atoms with Crippen LogP contribution in [0.2, 0.25) is 0 Å². The van der Waals surface area contributed by atoms with Crippen molar-refractivity contribution in [2.45, 2.75) is 0 Å². The first-order valence-electron chi connectivity index (χ1n) is 8.78. The number of phenols is 1. The molecule has 0 aliphatic heterocycles. The number of methoxy groups -OCH3 is 1. The molecular weight excluding hydrogens is 352 g/mol. The van der Waals surface area contributed by atoms with Crippen LogP contribution in [0.5, 0.6) is 11.5 Å². The van der Waals surface area contributed by atoms with Gasteiger partial charge in [-0.25, -0.2) is 5.43 Å². The second kappa shape index (κ2) is 7.40. The molecule has 0 spiro atoms. The molecule has 4 aromatic carbocycles.